The Morgan fingerprint density at radius 3 is 1.95 bits per heavy atom. The van der Waals surface area contributed by atoms with Crippen molar-refractivity contribution in [3.63, 3.8) is 0 Å². The Bertz CT molecular complexity index is 1580. The van der Waals surface area contributed by atoms with Crippen LogP contribution in [0.1, 0.15) is 22.7 Å². The van der Waals surface area contributed by atoms with Crippen LogP contribution in [-0.4, -0.2) is 10.8 Å². The van der Waals surface area contributed by atoms with Crippen molar-refractivity contribution < 1.29 is 0 Å². The molecule has 1 aromatic heterocycles. The molecule has 37 heavy (non-hydrogen) atoms. The zero-order valence-corrected chi connectivity index (χ0v) is 21.6. The molecule has 0 spiro atoms. The van der Waals surface area contributed by atoms with Gasteiger partial charge in [0.25, 0.3) is 0 Å². The summed E-state index contributed by atoms with van der Waals surface area (Å²) in [4.78, 5) is 9.35. The topological polar surface area (TPSA) is 37.3 Å². The first-order valence-electron chi connectivity index (χ1n) is 12.2. The predicted octanol–water partition coefficient (Wildman–Crippen LogP) is 8.31. The Kier molecular flexibility index (Phi) is 6.49. The first-order chi connectivity index (χ1) is 18.2. The van der Waals surface area contributed by atoms with Crippen molar-refractivity contribution in [1.82, 2.24) is 10.3 Å². The van der Waals surface area contributed by atoms with E-state index in [1.807, 2.05) is 36.5 Å². The number of rotatable bonds is 5. The van der Waals surface area contributed by atoms with E-state index in [-0.39, 0.29) is 6.04 Å². The fourth-order valence-corrected chi connectivity index (χ4v) is 5.09. The summed E-state index contributed by atoms with van der Waals surface area (Å²) in [7, 11) is 0. The second-order valence-electron chi connectivity index (χ2n) is 8.96. The third kappa shape index (κ3) is 5.16. The quantitative estimate of drug-likeness (QED) is 0.243. The minimum atomic E-state index is -0.0515. The summed E-state index contributed by atoms with van der Waals surface area (Å²) in [6.45, 7) is 0. The van der Waals surface area contributed by atoms with E-state index in [9.17, 15) is 0 Å². The van der Waals surface area contributed by atoms with E-state index in [0.29, 0.717) is 0 Å². The van der Waals surface area contributed by atoms with Crippen molar-refractivity contribution >= 4 is 27.5 Å². The van der Waals surface area contributed by atoms with Crippen LogP contribution in [0.2, 0.25) is 0 Å². The minimum Gasteiger partial charge on any atom is -0.359 e. The molecule has 4 heteroatoms. The molecule has 1 unspecified atom stereocenters. The van der Waals surface area contributed by atoms with Crippen LogP contribution < -0.4 is 5.32 Å². The normalized spacial score (nSPS) is 14.9. The molecule has 0 radical (unpaired) electrons. The summed E-state index contributed by atoms with van der Waals surface area (Å²) in [6.07, 6.45) is 5.90. The summed E-state index contributed by atoms with van der Waals surface area (Å²) in [5.74, 6) is 0.859. The monoisotopic (exact) mass is 541 g/mol. The Morgan fingerprint density at radius 1 is 0.595 bits per heavy atom. The highest BCUT2D eigenvalue weighted by molar-refractivity contribution is 9.10. The Morgan fingerprint density at radius 2 is 1.24 bits per heavy atom. The zero-order chi connectivity index (χ0) is 25.0. The van der Waals surface area contributed by atoms with Crippen molar-refractivity contribution in [2.24, 2.45) is 4.99 Å². The van der Waals surface area contributed by atoms with Gasteiger partial charge in [0, 0.05) is 28.0 Å². The molecule has 6 rings (SSSR count). The van der Waals surface area contributed by atoms with E-state index in [2.05, 4.69) is 117 Å². The minimum absolute atomic E-state index is 0.0515. The molecule has 1 aliphatic rings. The molecule has 1 aliphatic heterocycles. The van der Waals surface area contributed by atoms with E-state index < -0.39 is 0 Å². The third-order valence-electron chi connectivity index (χ3n) is 6.46. The van der Waals surface area contributed by atoms with Crippen LogP contribution >= 0.6 is 15.9 Å². The van der Waals surface area contributed by atoms with Gasteiger partial charge in [-0.1, -0.05) is 107 Å². The van der Waals surface area contributed by atoms with Gasteiger partial charge in [0.1, 0.15) is 5.84 Å². The molecular formula is C33H24BrN3. The van der Waals surface area contributed by atoms with Gasteiger partial charge in [-0.2, -0.15) is 0 Å². The molecule has 0 saturated heterocycles. The average molecular weight is 542 g/mol. The number of nitrogens with zero attached hydrogens (tertiary/aromatic N) is 2. The van der Waals surface area contributed by atoms with Gasteiger partial charge in [-0.3, -0.25) is 4.98 Å². The predicted molar refractivity (Wildman–Crippen MR) is 156 cm³/mol. The number of amidine groups is 1. The van der Waals surface area contributed by atoms with Gasteiger partial charge in [0.05, 0.1) is 11.7 Å². The summed E-state index contributed by atoms with van der Waals surface area (Å²) >= 11 is 3.73. The van der Waals surface area contributed by atoms with Gasteiger partial charge in [-0.05, 0) is 58.2 Å². The number of benzene rings is 4. The molecule has 0 fully saturated rings. The molecule has 0 bridgehead atoms. The molecule has 2 heterocycles. The van der Waals surface area contributed by atoms with Crippen molar-refractivity contribution in [2.75, 3.05) is 0 Å². The average Bonchev–Trinajstić information content (AvgIpc) is 2.98. The van der Waals surface area contributed by atoms with E-state index in [4.69, 9.17) is 4.99 Å². The highest BCUT2D eigenvalue weighted by Gasteiger charge is 2.20. The smallest absolute Gasteiger partial charge is 0.134 e. The Labute approximate surface area is 225 Å². The summed E-state index contributed by atoms with van der Waals surface area (Å²) in [5.41, 5.74) is 8.83. The lowest BCUT2D eigenvalue weighted by Gasteiger charge is -2.25. The number of nitrogens with one attached hydrogen (secondary N) is 1. The van der Waals surface area contributed by atoms with Crippen molar-refractivity contribution in [3.8, 4) is 22.3 Å². The SMILES string of the molecule is Brc1cc(-c2cccnc2)cc(C2C=C(c3ccc(-c4ccccc4)cc3)N=C(c3ccccc3)N2)c1. The number of hydrogen-bond acceptors (Lipinski definition) is 3. The van der Waals surface area contributed by atoms with Crippen LogP contribution in [0.4, 0.5) is 0 Å². The third-order valence-corrected chi connectivity index (χ3v) is 6.92. The molecule has 1 atom stereocenters. The maximum atomic E-state index is 5.05. The van der Waals surface area contributed by atoms with Gasteiger partial charge >= 0.3 is 0 Å². The van der Waals surface area contributed by atoms with Crippen LogP contribution in [-0.2, 0) is 0 Å². The van der Waals surface area contributed by atoms with Crippen LogP contribution in [0.15, 0.2) is 143 Å². The molecule has 1 N–H and O–H groups in total. The van der Waals surface area contributed by atoms with Gasteiger partial charge in [-0.15, -0.1) is 0 Å². The lowest BCUT2D eigenvalue weighted by Crippen LogP contribution is -2.31. The van der Waals surface area contributed by atoms with Gasteiger partial charge < -0.3 is 5.32 Å². The molecule has 3 nitrogen and oxygen atoms in total. The molecule has 0 saturated carbocycles. The molecule has 178 valence electrons. The first kappa shape index (κ1) is 23.1. The Balaban J connectivity index is 1.41. The number of pyridine rings is 1. The van der Waals surface area contributed by atoms with E-state index in [0.717, 1.165) is 43.8 Å². The largest absolute Gasteiger partial charge is 0.359 e. The van der Waals surface area contributed by atoms with E-state index in [1.165, 1.54) is 11.1 Å². The van der Waals surface area contributed by atoms with Gasteiger partial charge in [0.15, 0.2) is 0 Å². The summed E-state index contributed by atoms with van der Waals surface area (Å²) in [6, 6.07) is 39.9. The number of aliphatic imine (C=N–C) groups is 1. The summed E-state index contributed by atoms with van der Waals surface area (Å²) < 4.78 is 1.02. The fourth-order valence-electron chi connectivity index (χ4n) is 4.58. The maximum absolute atomic E-state index is 5.05. The van der Waals surface area contributed by atoms with Gasteiger partial charge in [0.2, 0.25) is 0 Å². The molecule has 5 aromatic rings. The lowest BCUT2D eigenvalue weighted by atomic mass is 9.96. The van der Waals surface area contributed by atoms with Crippen LogP contribution in [0.3, 0.4) is 0 Å². The molecule has 4 aromatic carbocycles. The second-order valence-corrected chi connectivity index (χ2v) is 9.87. The van der Waals surface area contributed by atoms with Crippen molar-refractivity contribution in [3.05, 3.63) is 155 Å². The number of halogens is 1. The van der Waals surface area contributed by atoms with Crippen LogP contribution in [0.25, 0.3) is 28.0 Å². The van der Waals surface area contributed by atoms with Crippen molar-refractivity contribution in [1.29, 1.82) is 0 Å². The van der Waals surface area contributed by atoms with E-state index in [1.54, 1.807) is 6.20 Å². The first-order valence-corrected chi connectivity index (χ1v) is 13.0. The fraction of sp³-hybridized carbons (Fsp3) is 0.0303. The molecule has 0 amide bonds. The lowest BCUT2D eigenvalue weighted by molar-refractivity contribution is 0.780. The second kappa shape index (κ2) is 10.4. The molecule has 0 aliphatic carbocycles. The summed E-state index contributed by atoms with van der Waals surface area (Å²) in [5, 5.41) is 3.67. The van der Waals surface area contributed by atoms with Crippen LogP contribution in [0, 0.1) is 0 Å². The molecular weight excluding hydrogens is 518 g/mol. The number of hydrogen-bond donors (Lipinski definition) is 1. The zero-order valence-electron chi connectivity index (χ0n) is 20.1. The number of aromatic nitrogens is 1. The van der Waals surface area contributed by atoms with Crippen molar-refractivity contribution in [2.45, 2.75) is 6.04 Å². The van der Waals surface area contributed by atoms with Gasteiger partial charge in [-0.25, -0.2) is 4.99 Å². The van der Waals surface area contributed by atoms with E-state index >= 15 is 0 Å². The maximum Gasteiger partial charge on any atom is 0.134 e. The highest BCUT2D eigenvalue weighted by Crippen LogP contribution is 2.33. The standard InChI is InChI=1S/C33H24BrN3/c34-30-19-28(27-12-7-17-35-22-27)18-29(20-30)32-21-31(36-33(37-32)26-10-5-2-6-11-26)25-15-13-24(14-16-25)23-8-3-1-4-9-23/h1-22,32H,(H,36,37). The highest BCUT2D eigenvalue weighted by atomic mass is 79.9. The van der Waals surface area contributed by atoms with Crippen LogP contribution in [0.5, 0.6) is 0 Å². The Hall–Kier alpha value is -4.28.